The first kappa shape index (κ1) is 18.7. The minimum atomic E-state index is -0.415. The van der Waals surface area contributed by atoms with Crippen molar-refractivity contribution in [3.05, 3.63) is 72.6 Å². The van der Waals surface area contributed by atoms with Gasteiger partial charge in [0.1, 0.15) is 23.7 Å². The number of fused-ring (bicyclic) bond motifs is 2. The molecule has 4 aromatic heterocycles. The van der Waals surface area contributed by atoms with Crippen LogP contribution in [-0.4, -0.2) is 35.8 Å². The second-order valence-corrected chi connectivity index (χ2v) is 7.07. The van der Waals surface area contributed by atoms with Crippen LogP contribution < -0.4 is 10.6 Å². The first-order valence-electron chi connectivity index (χ1n) is 9.54. The number of amides is 2. The summed E-state index contributed by atoms with van der Waals surface area (Å²) in [6.07, 6.45) is 5.17. The van der Waals surface area contributed by atoms with Gasteiger partial charge in [0.25, 0.3) is 0 Å². The molecule has 0 saturated heterocycles. The van der Waals surface area contributed by atoms with Crippen molar-refractivity contribution in [2.45, 2.75) is 13.0 Å². The Hall–Kier alpha value is -4.34. The number of benzene rings is 1. The summed E-state index contributed by atoms with van der Waals surface area (Å²) in [5.74, 6) is 0.0548. The molecule has 10 heteroatoms. The number of urea groups is 1. The Labute approximate surface area is 175 Å². The fourth-order valence-electron chi connectivity index (χ4n) is 3.35. The Morgan fingerprint density at radius 2 is 2.03 bits per heavy atom. The molecule has 9 nitrogen and oxygen atoms in total. The lowest BCUT2D eigenvalue weighted by molar-refractivity contribution is 0.249. The van der Waals surface area contributed by atoms with Crippen LogP contribution in [0.5, 0.6) is 0 Å². The minimum absolute atomic E-state index is 0.296. The number of hydrogen-bond donors (Lipinski definition) is 3. The normalized spacial score (nSPS) is 12.2. The van der Waals surface area contributed by atoms with Crippen molar-refractivity contribution in [3.63, 3.8) is 0 Å². The minimum Gasteiger partial charge on any atom is -0.331 e. The van der Waals surface area contributed by atoms with Crippen molar-refractivity contribution in [2.24, 2.45) is 0 Å². The molecule has 1 unspecified atom stereocenters. The van der Waals surface area contributed by atoms with Gasteiger partial charge in [0.2, 0.25) is 0 Å². The third-order valence-corrected chi connectivity index (χ3v) is 4.97. The van der Waals surface area contributed by atoms with Crippen LogP contribution in [0.1, 0.15) is 18.5 Å². The van der Waals surface area contributed by atoms with Crippen LogP contribution in [0.15, 0.2) is 61.2 Å². The van der Waals surface area contributed by atoms with E-state index >= 15 is 0 Å². The van der Waals surface area contributed by atoms with Crippen LogP contribution >= 0.6 is 0 Å². The zero-order valence-corrected chi connectivity index (χ0v) is 16.4. The van der Waals surface area contributed by atoms with E-state index in [9.17, 15) is 9.18 Å². The Balaban J connectivity index is 1.33. The Morgan fingerprint density at radius 1 is 1.19 bits per heavy atom. The predicted octanol–water partition coefficient (Wildman–Crippen LogP) is 3.69. The predicted molar refractivity (Wildman–Crippen MR) is 113 cm³/mol. The molecule has 3 N–H and O–H groups in total. The molecule has 0 aliphatic heterocycles. The van der Waals surface area contributed by atoms with Gasteiger partial charge in [-0.05, 0) is 36.8 Å². The van der Waals surface area contributed by atoms with E-state index in [-0.39, 0.29) is 11.9 Å². The Bertz CT molecular complexity index is 1390. The van der Waals surface area contributed by atoms with Gasteiger partial charge in [-0.15, -0.1) is 10.2 Å². The second kappa shape index (κ2) is 7.48. The van der Waals surface area contributed by atoms with Gasteiger partial charge in [-0.1, -0.05) is 12.1 Å². The van der Waals surface area contributed by atoms with Crippen LogP contribution in [0.4, 0.5) is 15.0 Å². The van der Waals surface area contributed by atoms with Gasteiger partial charge >= 0.3 is 6.03 Å². The quantitative estimate of drug-likeness (QED) is 0.414. The van der Waals surface area contributed by atoms with E-state index < -0.39 is 6.03 Å². The number of aromatic nitrogens is 6. The third kappa shape index (κ3) is 3.66. The van der Waals surface area contributed by atoms with E-state index in [0.29, 0.717) is 5.82 Å². The first-order valence-corrected chi connectivity index (χ1v) is 9.54. The summed E-state index contributed by atoms with van der Waals surface area (Å²) in [6.45, 7) is 1.82. The summed E-state index contributed by atoms with van der Waals surface area (Å²) in [5.41, 5.74) is 3.89. The number of carbonyl (C=O) groups excluding carboxylic acids is 1. The summed E-state index contributed by atoms with van der Waals surface area (Å²) in [4.78, 5) is 16.7. The van der Waals surface area contributed by atoms with E-state index in [1.807, 2.05) is 29.7 Å². The molecule has 5 aromatic rings. The molecule has 5 rings (SSSR count). The number of carbonyl (C=O) groups is 1. The number of nitrogens with zero attached hydrogens (tertiary/aromatic N) is 5. The molecular formula is C21H17FN8O. The van der Waals surface area contributed by atoms with Crippen molar-refractivity contribution in [1.82, 2.24) is 35.1 Å². The summed E-state index contributed by atoms with van der Waals surface area (Å²) >= 11 is 0. The summed E-state index contributed by atoms with van der Waals surface area (Å²) < 4.78 is 14.9. The molecule has 0 spiro atoms. The van der Waals surface area contributed by atoms with Gasteiger partial charge in [-0.25, -0.2) is 14.2 Å². The fraction of sp³-hybridized carbons (Fsp3) is 0.0952. The zero-order valence-electron chi connectivity index (χ0n) is 16.4. The second-order valence-electron chi connectivity index (χ2n) is 7.07. The molecule has 0 radical (unpaired) electrons. The molecule has 1 atom stereocenters. The summed E-state index contributed by atoms with van der Waals surface area (Å²) in [6, 6.07) is 10.8. The van der Waals surface area contributed by atoms with Crippen molar-refractivity contribution >= 4 is 28.4 Å². The van der Waals surface area contributed by atoms with E-state index in [1.165, 1.54) is 12.1 Å². The molecule has 4 heterocycles. The van der Waals surface area contributed by atoms with Crippen molar-refractivity contribution in [3.8, 4) is 11.3 Å². The molecule has 1 aromatic carbocycles. The smallest absolute Gasteiger partial charge is 0.320 e. The van der Waals surface area contributed by atoms with Crippen LogP contribution in [0.25, 0.3) is 27.8 Å². The highest BCUT2D eigenvalue weighted by molar-refractivity contribution is 5.95. The Morgan fingerprint density at radius 3 is 2.87 bits per heavy atom. The van der Waals surface area contributed by atoms with Crippen LogP contribution in [0, 0.1) is 5.82 Å². The number of halogens is 1. The standard InChI is InChI=1S/C21H17FN8O/c1-12(13-2-5-15(22)6-3-13)25-21(31)26-18-8-17-16(9-23-18)20(29-27-17)14-4-7-19-28-24-11-30(19)10-14/h2-12H,1H3,(H,27,29)(H2,23,25,26,31). The van der Waals surface area contributed by atoms with Crippen LogP contribution in [0.3, 0.4) is 0 Å². The number of nitrogens with one attached hydrogen (secondary N) is 3. The maximum Gasteiger partial charge on any atom is 0.320 e. The van der Waals surface area contributed by atoms with Gasteiger partial charge in [0.15, 0.2) is 5.65 Å². The van der Waals surface area contributed by atoms with E-state index in [4.69, 9.17) is 0 Å². The van der Waals surface area contributed by atoms with Crippen molar-refractivity contribution < 1.29 is 9.18 Å². The molecule has 154 valence electrons. The molecule has 0 aliphatic carbocycles. The lowest BCUT2D eigenvalue weighted by Gasteiger charge is -2.14. The van der Waals surface area contributed by atoms with Gasteiger partial charge in [-0.2, -0.15) is 5.10 Å². The number of hydrogen-bond acceptors (Lipinski definition) is 5. The van der Waals surface area contributed by atoms with E-state index in [2.05, 4.69) is 36.0 Å². The lowest BCUT2D eigenvalue weighted by Crippen LogP contribution is -2.31. The average Bonchev–Trinajstić information content (AvgIpc) is 3.40. The maximum absolute atomic E-state index is 13.1. The molecule has 31 heavy (non-hydrogen) atoms. The SMILES string of the molecule is CC(NC(=O)Nc1cc2[nH]nc(-c3ccc4nncn4c3)c2cn1)c1ccc(F)cc1. The molecular weight excluding hydrogens is 399 g/mol. The molecule has 0 fully saturated rings. The zero-order chi connectivity index (χ0) is 21.4. The number of H-pyrrole nitrogens is 1. The monoisotopic (exact) mass is 416 g/mol. The average molecular weight is 416 g/mol. The fourth-order valence-corrected chi connectivity index (χ4v) is 3.35. The largest absolute Gasteiger partial charge is 0.331 e. The highest BCUT2D eigenvalue weighted by atomic mass is 19.1. The van der Waals surface area contributed by atoms with Gasteiger partial charge < -0.3 is 5.32 Å². The third-order valence-electron chi connectivity index (χ3n) is 4.97. The Kier molecular flexibility index (Phi) is 4.51. The lowest BCUT2D eigenvalue weighted by atomic mass is 10.1. The molecule has 0 bridgehead atoms. The van der Waals surface area contributed by atoms with Crippen molar-refractivity contribution in [1.29, 1.82) is 0 Å². The van der Waals surface area contributed by atoms with Crippen LogP contribution in [-0.2, 0) is 0 Å². The summed E-state index contributed by atoms with van der Waals surface area (Å²) in [7, 11) is 0. The molecule has 0 saturated carbocycles. The number of rotatable bonds is 4. The summed E-state index contributed by atoms with van der Waals surface area (Å²) in [5, 5.41) is 21.6. The maximum atomic E-state index is 13.1. The first-order chi connectivity index (χ1) is 15.1. The molecule has 2 amide bonds. The van der Waals surface area contributed by atoms with Crippen molar-refractivity contribution in [2.75, 3.05) is 5.32 Å². The van der Waals surface area contributed by atoms with Gasteiger partial charge in [0.05, 0.1) is 11.6 Å². The number of pyridine rings is 2. The molecule has 0 aliphatic rings. The highest BCUT2D eigenvalue weighted by Crippen LogP contribution is 2.27. The van der Waals surface area contributed by atoms with E-state index in [0.717, 1.165) is 33.4 Å². The highest BCUT2D eigenvalue weighted by Gasteiger charge is 2.13. The number of aromatic amines is 1. The van der Waals surface area contributed by atoms with Gasteiger partial charge in [-0.3, -0.25) is 14.8 Å². The topological polar surface area (TPSA) is 113 Å². The van der Waals surface area contributed by atoms with Crippen LogP contribution in [0.2, 0.25) is 0 Å². The number of anilines is 1. The van der Waals surface area contributed by atoms with Gasteiger partial charge in [0, 0.05) is 29.4 Å². The van der Waals surface area contributed by atoms with E-state index in [1.54, 1.807) is 30.7 Å².